The highest BCUT2D eigenvalue weighted by molar-refractivity contribution is 5.35. The fourth-order valence-corrected chi connectivity index (χ4v) is 1.83. The molecule has 1 N–H and O–H groups in total. The van der Waals surface area contributed by atoms with Crippen molar-refractivity contribution in [3.63, 3.8) is 0 Å². The van der Waals surface area contributed by atoms with Gasteiger partial charge in [-0.3, -0.25) is 0 Å². The molecule has 1 rings (SSSR count). The van der Waals surface area contributed by atoms with E-state index in [1.54, 1.807) is 0 Å². The van der Waals surface area contributed by atoms with Crippen molar-refractivity contribution in [1.82, 2.24) is 5.32 Å². The van der Waals surface area contributed by atoms with E-state index in [2.05, 4.69) is 44.3 Å². The lowest BCUT2D eigenvalue weighted by atomic mass is 9.98. The Morgan fingerprint density at radius 3 is 2.47 bits per heavy atom. The zero-order valence-corrected chi connectivity index (χ0v) is 11.5. The van der Waals surface area contributed by atoms with Crippen LogP contribution in [0.3, 0.4) is 0 Å². The molecule has 2 atom stereocenters. The third-order valence-corrected chi connectivity index (χ3v) is 3.40. The number of likely N-dealkylation sites (N-methyl/N-ethyl adjacent to an activating group) is 1. The number of para-hydroxylation sites is 1. The molecule has 0 fully saturated rings. The highest BCUT2D eigenvalue weighted by Crippen LogP contribution is 2.28. The molecule has 0 radical (unpaired) electrons. The molecule has 0 aliphatic rings. The SMILES string of the molecule is CCC(COc1ccccc1C(C)CC)NC. The first-order valence-electron chi connectivity index (χ1n) is 6.61. The van der Waals surface area contributed by atoms with Gasteiger partial charge in [-0.15, -0.1) is 0 Å². The van der Waals surface area contributed by atoms with Gasteiger partial charge in [0.05, 0.1) is 0 Å². The van der Waals surface area contributed by atoms with Gasteiger partial charge in [0, 0.05) is 6.04 Å². The normalized spacial score (nSPS) is 14.4. The van der Waals surface area contributed by atoms with Gasteiger partial charge >= 0.3 is 0 Å². The monoisotopic (exact) mass is 235 g/mol. The van der Waals surface area contributed by atoms with Crippen LogP contribution in [0.25, 0.3) is 0 Å². The predicted octanol–water partition coefficient (Wildman–Crippen LogP) is 3.58. The molecule has 0 aromatic heterocycles. The Labute approximate surface area is 105 Å². The Hall–Kier alpha value is -1.02. The summed E-state index contributed by atoms with van der Waals surface area (Å²) in [5.74, 6) is 1.59. The van der Waals surface area contributed by atoms with Crippen molar-refractivity contribution >= 4 is 0 Å². The number of rotatable bonds is 7. The minimum Gasteiger partial charge on any atom is -0.492 e. The van der Waals surface area contributed by atoms with E-state index in [4.69, 9.17) is 4.74 Å². The van der Waals surface area contributed by atoms with E-state index in [0.717, 1.165) is 25.2 Å². The summed E-state index contributed by atoms with van der Waals surface area (Å²) in [7, 11) is 1.98. The number of ether oxygens (including phenoxy) is 1. The van der Waals surface area contributed by atoms with Crippen LogP contribution in [0.1, 0.15) is 45.1 Å². The van der Waals surface area contributed by atoms with Crippen molar-refractivity contribution in [2.75, 3.05) is 13.7 Å². The Morgan fingerprint density at radius 2 is 1.88 bits per heavy atom. The van der Waals surface area contributed by atoms with Crippen molar-refractivity contribution in [2.24, 2.45) is 0 Å². The fraction of sp³-hybridized carbons (Fsp3) is 0.600. The third kappa shape index (κ3) is 4.04. The molecule has 0 saturated carbocycles. The number of hydrogen-bond donors (Lipinski definition) is 1. The van der Waals surface area contributed by atoms with Crippen molar-refractivity contribution in [1.29, 1.82) is 0 Å². The highest BCUT2D eigenvalue weighted by Gasteiger charge is 2.11. The van der Waals surface area contributed by atoms with E-state index in [1.165, 1.54) is 5.56 Å². The van der Waals surface area contributed by atoms with Gasteiger partial charge in [0.1, 0.15) is 12.4 Å². The maximum atomic E-state index is 5.94. The van der Waals surface area contributed by atoms with E-state index in [9.17, 15) is 0 Å². The highest BCUT2D eigenvalue weighted by atomic mass is 16.5. The topological polar surface area (TPSA) is 21.3 Å². The summed E-state index contributed by atoms with van der Waals surface area (Å²) >= 11 is 0. The second-order valence-electron chi connectivity index (χ2n) is 4.55. The Morgan fingerprint density at radius 1 is 1.18 bits per heavy atom. The van der Waals surface area contributed by atoms with Gasteiger partial charge in [0.2, 0.25) is 0 Å². The van der Waals surface area contributed by atoms with Crippen LogP contribution in [0, 0.1) is 0 Å². The molecular formula is C15H25NO. The van der Waals surface area contributed by atoms with Crippen molar-refractivity contribution in [3.8, 4) is 5.75 Å². The molecule has 0 amide bonds. The first kappa shape index (κ1) is 14.0. The first-order valence-corrected chi connectivity index (χ1v) is 6.61. The molecule has 17 heavy (non-hydrogen) atoms. The second kappa shape index (κ2) is 7.33. The standard InChI is InChI=1S/C15H25NO/c1-5-12(3)14-9-7-8-10-15(14)17-11-13(6-2)16-4/h7-10,12-13,16H,5-6,11H2,1-4H3. The maximum Gasteiger partial charge on any atom is 0.122 e. The summed E-state index contributed by atoms with van der Waals surface area (Å²) in [6.45, 7) is 7.37. The van der Waals surface area contributed by atoms with Crippen LogP contribution >= 0.6 is 0 Å². The summed E-state index contributed by atoms with van der Waals surface area (Å²) in [6, 6.07) is 8.80. The van der Waals surface area contributed by atoms with E-state index >= 15 is 0 Å². The second-order valence-corrected chi connectivity index (χ2v) is 4.55. The molecule has 0 bridgehead atoms. The van der Waals surface area contributed by atoms with Crippen LogP contribution in [0.2, 0.25) is 0 Å². The van der Waals surface area contributed by atoms with Gasteiger partial charge in [-0.1, -0.05) is 39.0 Å². The van der Waals surface area contributed by atoms with Crippen LogP contribution in [0.4, 0.5) is 0 Å². The molecule has 2 unspecified atom stereocenters. The smallest absolute Gasteiger partial charge is 0.122 e. The van der Waals surface area contributed by atoms with Crippen molar-refractivity contribution in [2.45, 2.75) is 45.6 Å². The maximum absolute atomic E-state index is 5.94. The van der Waals surface area contributed by atoms with E-state index in [0.29, 0.717) is 12.0 Å². The molecular weight excluding hydrogens is 210 g/mol. The summed E-state index contributed by atoms with van der Waals surface area (Å²) in [5, 5.41) is 3.26. The van der Waals surface area contributed by atoms with Crippen molar-refractivity contribution < 1.29 is 4.74 Å². The molecule has 0 spiro atoms. The van der Waals surface area contributed by atoms with Gasteiger partial charge in [-0.2, -0.15) is 0 Å². The molecule has 0 saturated heterocycles. The molecule has 0 aliphatic carbocycles. The molecule has 2 heteroatoms. The summed E-state index contributed by atoms with van der Waals surface area (Å²) in [4.78, 5) is 0. The quantitative estimate of drug-likeness (QED) is 0.780. The number of nitrogens with one attached hydrogen (secondary N) is 1. The molecule has 0 aliphatic heterocycles. The van der Waals surface area contributed by atoms with Gasteiger partial charge < -0.3 is 10.1 Å². The number of benzene rings is 1. The van der Waals surface area contributed by atoms with E-state index < -0.39 is 0 Å². The first-order chi connectivity index (χ1) is 8.22. The molecule has 0 heterocycles. The van der Waals surface area contributed by atoms with Crippen LogP contribution < -0.4 is 10.1 Å². The van der Waals surface area contributed by atoms with Gasteiger partial charge in [0.15, 0.2) is 0 Å². The van der Waals surface area contributed by atoms with E-state index in [1.807, 2.05) is 13.1 Å². The minimum atomic E-state index is 0.431. The molecule has 96 valence electrons. The Balaban J connectivity index is 2.70. The summed E-state index contributed by atoms with van der Waals surface area (Å²) in [6.07, 6.45) is 2.23. The van der Waals surface area contributed by atoms with E-state index in [-0.39, 0.29) is 0 Å². The largest absolute Gasteiger partial charge is 0.492 e. The molecule has 1 aromatic rings. The van der Waals surface area contributed by atoms with Crippen LogP contribution in [0.15, 0.2) is 24.3 Å². The molecule has 1 aromatic carbocycles. The third-order valence-electron chi connectivity index (χ3n) is 3.40. The predicted molar refractivity (Wildman–Crippen MR) is 73.8 cm³/mol. The van der Waals surface area contributed by atoms with Gasteiger partial charge in [-0.25, -0.2) is 0 Å². The van der Waals surface area contributed by atoms with Crippen molar-refractivity contribution in [3.05, 3.63) is 29.8 Å². The number of hydrogen-bond acceptors (Lipinski definition) is 2. The van der Waals surface area contributed by atoms with Gasteiger partial charge in [0.25, 0.3) is 0 Å². The summed E-state index contributed by atoms with van der Waals surface area (Å²) in [5.41, 5.74) is 1.32. The van der Waals surface area contributed by atoms with Crippen LogP contribution in [-0.2, 0) is 0 Å². The van der Waals surface area contributed by atoms with Gasteiger partial charge in [-0.05, 0) is 37.4 Å². The zero-order chi connectivity index (χ0) is 12.7. The lowest BCUT2D eigenvalue weighted by Crippen LogP contribution is -2.31. The summed E-state index contributed by atoms with van der Waals surface area (Å²) < 4.78 is 5.94. The fourth-order valence-electron chi connectivity index (χ4n) is 1.83. The minimum absolute atomic E-state index is 0.431. The zero-order valence-electron chi connectivity index (χ0n) is 11.5. The average Bonchev–Trinajstić information content (AvgIpc) is 2.39. The Bertz CT molecular complexity index is 320. The Kier molecular flexibility index (Phi) is 6.06. The van der Waals surface area contributed by atoms with Crippen LogP contribution in [-0.4, -0.2) is 19.7 Å². The molecule has 2 nitrogen and oxygen atoms in total. The lowest BCUT2D eigenvalue weighted by molar-refractivity contribution is 0.264. The average molecular weight is 235 g/mol. The lowest BCUT2D eigenvalue weighted by Gasteiger charge is -2.19. The van der Waals surface area contributed by atoms with Crippen LogP contribution in [0.5, 0.6) is 5.75 Å².